The van der Waals surface area contributed by atoms with Crippen LogP contribution in [-0.2, 0) is 48.8 Å². The van der Waals surface area contributed by atoms with E-state index >= 15 is 0 Å². The summed E-state index contributed by atoms with van der Waals surface area (Å²) < 4.78 is 60.4. The van der Waals surface area contributed by atoms with Crippen molar-refractivity contribution in [2.45, 2.75) is 146 Å². The molecule has 67 heavy (non-hydrogen) atoms. The summed E-state index contributed by atoms with van der Waals surface area (Å²) in [5.41, 5.74) is 11.3. The third kappa shape index (κ3) is 11.1. The van der Waals surface area contributed by atoms with E-state index in [1.807, 2.05) is 36.4 Å². The summed E-state index contributed by atoms with van der Waals surface area (Å²) in [7, 11) is -4.43. The maximum absolute atomic E-state index is 13.4. The molecule has 8 rings (SSSR count). The van der Waals surface area contributed by atoms with Crippen LogP contribution in [0.3, 0.4) is 0 Å². The molecule has 0 atom stereocenters. The number of hydrogen-bond donors (Lipinski definition) is 2. The van der Waals surface area contributed by atoms with Crippen molar-refractivity contribution in [1.29, 1.82) is 0 Å². The van der Waals surface area contributed by atoms with Crippen LogP contribution in [0.2, 0.25) is 0 Å². The zero-order valence-corrected chi connectivity index (χ0v) is 42.5. The topological polar surface area (TPSA) is 166 Å². The fraction of sp³-hybridized carbons (Fsp3) is 0.481. The molecule has 0 bridgehead atoms. The summed E-state index contributed by atoms with van der Waals surface area (Å²) in [6, 6.07) is 24.2. The number of sulfonamides is 2. The van der Waals surface area contributed by atoms with Crippen molar-refractivity contribution in [3.63, 3.8) is 0 Å². The summed E-state index contributed by atoms with van der Waals surface area (Å²) in [4.78, 5) is 21.7. The summed E-state index contributed by atoms with van der Waals surface area (Å²) in [5.74, 6) is 3.16. The van der Waals surface area contributed by atoms with Gasteiger partial charge in [-0.05, 0) is 110 Å². The number of carbonyl (C=O) groups is 1. The first-order chi connectivity index (χ1) is 31.5. The van der Waals surface area contributed by atoms with Crippen molar-refractivity contribution in [3.05, 3.63) is 96.6 Å². The first-order valence-corrected chi connectivity index (χ1v) is 26.6. The highest BCUT2D eigenvalue weighted by Crippen LogP contribution is 2.36. The van der Waals surface area contributed by atoms with Crippen molar-refractivity contribution < 1.29 is 21.6 Å². The van der Waals surface area contributed by atoms with E-state index in [4.69, 9.17) is 15.7 Å². The zero-order valence-electron chi connectivity index (χ0n) is 40.8. The molecule has 15 heteroatoms. The first kappa shape index (κ1) is 49.5. The maximum Gasteiger partial charge on any atom is 0.264 e. The number of nitrogen functional groups attached to an aromatic ring is 1. The number of nitrogens with zero attached hydrogens (tertiary/aromatic N) is 6. The molecule has 0 aliphatic heterocycles. The highest BCUT2D eigenvalue weighted by atomic mass is 32.2. The van der Waals surface area contributed by atoms with Gasteiger partial charge in [0.2, 0.25) is 5.91 Å². The Kier molecular flexibility index (Phi) is 14.5. The van der Waals surface area contributed by atoms with Crippen molar-refractivity contribution in [3.8, 4) is 0 Å². The molecule has 0 spiro atoms. The van der Waals surface area contributed by atoms with E-state index in [0.717, 1.165) is 46.8 Å². The van der Waals surface area contributed by atoms with Gasteiger partial charge < -0.3 is 20.2 Å². The van der Waals surface area contributed by atoms with Crippen LogP contribution < -0.4 is 19.7 Å². The minimum atomic E-state index is -3.83. The molecule has 2 aliphatic carbocycles. The van der Waals surface area contributed by atoms with E-state index < -0.39 is 20.0 Å². The second kappa shape index (κ2) is 19.7. The van der Waals surface area contributed by atoms with Crippen molar-refractivity contribution >= 4 is 70.8 Å². The second-order valence-electron chi connectivity index (χ2n) is 20.7. The van der Waals surface area contributed by atoms with Gasteiger partial charge in [-0.15, -0.1) is 0 Å². The lowest BCUT2D eigenvalue weighted by atomic mass is 9.88. The van der Waals surface area contributed by atoms with Gasteiger partial charge in [0.25, 0.3) is 20.0 Å². The molecule has 2 fully saturated rings. The number of aromatic nitrogens is 4. The van der Waals surface area contributed by atoms with Crippen LogP contribution in [0.25, 0.3) is 22.1 Å². The molecule has 13 nitrogen and oxygen atoms in total. The average Bonchev–Trinajstić information content (AvgIpc) is 3.84. The molecule has 360 valence electrons. The molecule has 2 aromatic heterocycles. The van der Waals surface area contributed by atoms with Gasteiger partial charge in [0.15, 0.2) is 0 Å². The third-order valence-corrected chi connectivity index (χ3v) is 16.8. The van der Waals surface area contributed by atoms with Crippen LogP contribution >= 0.6 is 0 Å². The lowest BCUT2D eigenvalue weighted by Crippen LogP contribution is -2.26. The molecule has 2 heterocycles. The van der Waals surface area contributed by atoms with Crippen molar-refractivity contribution in [2.75, 3.05) is 33.8 Å². The predicted octanol–water partition coefficient (Wildman–Crippen LogP) is 11.0. The normalized spacial score (nSPS) is 15.6. The van der Waals surface area contributed by atoms with Crippen LogP contribution in [0.15, 0.2) is 94.7 Å². The van der Waals surface area contributed by atoms with Gasteiger partial charge in [0, 0.05) is 56.3 Å². The van der Waals surface area contributed by atoms with Gasteiger partial charge in [-0.2, -0.15) is 0 Å². The summed E-state index contributed by atoms with van der Waals surface area (Å²) in [6.07, 6.45) is 12.9. The fourth-order valence-electron chi connectivity index (χ4n) is 9.61. The zero-order chi connectivity index (χ0) is 48.5. The van der Waals surface area contributed by atoms with E-state index in [-0.39, 0.29) is 26.5 Å². The van der Waals surface area contributed by atoms with Gasteiger partial charge in [-0.3, -0.25) is 13.4 Å². The molecule has 2 saturated carbocycles. The number of benzene rings is 4. The molecule has 6 aromatic rings. The standard InChI is InChI=1S/C27H36N4O3S.C25H34N4O2S/c1-19(32)28-21-12-9-13-23(16-21)35(33,34)30(5)22-14-15-25-24(17-22)29-26(27(2,3)4)31(25)18-20-10-7-6-8-11-20;1-25(2,3)24-27-22-16-20(28(4)32(30,31)21-12-8-11-19(26)15-21)13-14-23(22)29(24)17-18-9-6-5-7-10-18/h9,12-17,20H,6-8,10-11,18H2,1-5H3,(H,28,32);8,11-16,18H,5-7,9-10,17,26H2,1-4H3. The van der Waals surface area contributed by atoms with E-state index in [2.05, 4.69) is 56.0 Å². The van der Waals surface area contributed by atoms with Gasteiger partial charge >= 0.3 is 0 Å². The Bertz CT molecular complexity index is 2950. The van der Waals surface area contributed by atoms with Crippen LogP contribution in [0.1, 0.15) is 124 Å². The summed E-state index contributed by atoms with van der Waals surface area (Å²) in [5, 5.41) is 2.64. The molecular formula is C52H70N8O5S2. The number of amides is 1. The number of nitrogens with two attached hydrogens (primary N) is 1. The molecule has 0 unspecified atom stereocenters. The molecule has 2 aliphatic rings. The monoisotopic (exact) mass is 950 g/mol. The first-order valence-electron chi connectivity index (χ1n) is 23.8. The highest BCUT2D eigenvalue weighted by molar-refractivity contribution is 7.93. The largest absolute Gasteiger partial charge is 0.399 e. The van der Waals surface area contributed by atoms with E-state index in [1.54, 1.807) is 44.4 Å². The molecular weight excluding hydrogens is 881 g/mol. The Morgan fingerprint density at radius 2 is 1.04 bits per heavy atom. The molecule has 1 amide bonds. The third-order valence-electron chi connectivity index (χ3n) is 13.2. The predicted molar refractivity (Wildman–Crippen MR) is 273 cm³/mol. The van der Waals surface area contributed by atoms with Crippen LogP contribution in [0, 0.1) is 11.8 Å². The van der Waals surface area contributed by atoms with E-state index in [9.17, 15) is 21.6 Å². The van der Waals surface area contributed by atoms with Gasteiger partial charge in [-0.25, -0.2) is 26.8 Å². The van der Waals surface area contributed by atoms with E-state index in [1.165, 1.54) is 97.9 Å². The molecule has 0 radical (unpaired) electrons. The Morgan fingerprint density at radius 3 is 1.45 bits per heavy atom. The smallest absolute Gasteiger partial charge is 0.264 e. The fourth-order valence-corrected chi connectivity index (χ4v) is 12.1. The Hall–Kier alpha value is -5.41. The number of carbonyl (C=O) groups excluding carboxylic acids is 1. The van der Waals surface area contributed by atoms with Crippen LogP contribution in [-0.4, -0.2) is 55.9 Å². The quantitative estimate of drug-likeness (QED) is 0.121. The number of rotatable bonds is 11. The van der Waals surface area contributed by atoms with Crippen molar-refractivity contribution in [2.24, 2.45) is 11.8 Å². The summed E-state index contributed by atoms with van der Waals surface area (Å²) >= 11 is 0. The number of imidazole rings is 2. The number of fused-ring (bicyclic) bond motifs is 2. The van der Waals surface area contributed by atoms with Crippen LogP contribution in [0.5, 0.6) is 0 Å². The lowest BCUT2D eigenvalue weighted by Gasteiger charge is -2.26. The minimum Gasteiger partial charge on any atom is -0.399 e. The summed E-state index contributed by atoms with van der Waals surface area (Å²) in [6.45, 7) is 16.4. The SMILES string of the molecule is CC(=O)Nc1cccc(S(=O)(=O)N(C)c2ccc3c(c2)nc(C(C)(C)C)n3CC2CCCCC2)c1.CN(c1ccc2c(c1)nc(C(C)(C)C)n2CC1CCCCC1)S(=O)(=O)c1cccc(N)c1. The molecule has 0 saturated heterocycles. The number of hydrogen-bond acceptors (Lipinski definition) is 8. The van der Waals surface area contributed by atoms with Gasteiger partial charge in [0.05, 0.1) is 43.2 Å². The molecule has 4 aromatic carbocycles. The average molecular weight is 951 g/mol. The Morgan fingerprint density at radius 1 is 0.627 bits per heavy atom. The highest BCUT2D eigenvalue weighted by Gasteiger charge is 2.29. The number of nitrogens with one attached hydrogen (secondary N) is 1. The number of anilines is 4. The van der Waals surface area contributed by atoms with Gasteiger partial charge in [0.1, 0.15) is 11.6 Å². The Balaban J connectivity index is 0.000000200. The van der Waals surface area contributed by atoms with Gasteiger partial charge in [-0.1, -0.05) is 92.2 Å². The molecule has 3 N–H and O–H groups in total. The Labute approximate surface area is 398 Å². The maximum atomic E-state index is 13.4. The van der Waals surface area contributed by atoms with E-state index in [0.29, 0.717) is 34.6 Å². The second-order valence-corrected chi connectivity index (χ2v) is 24.6. The van der Waals surface area contributed by atoms with Crippen LogP contribution in [0.4, 0.5) is 22.7 Å². The lowest BCUT2D eigenvalue weighted by molar-refractivity contribution is -0.114. The van der Waals surface area contributed by atoms with Crippen molar-refractivity contribution in [1.82, 2.24) is 19.1 Å². The minimum absolute atomic E-state index is 0.104.